The minimum absolute atomic E-state index is 0.247. The summed E-state index contributed by atoms with van der Waals surface area (Å²) in [5, 5.41) is 14.2. The highest BCUT2D eigenvalue weighted by Gasteiger charge is 2.68. The monoisotopic (exact) mass is 523 g/mol. The van der Waals surface area contributed by atoms with E-state index in [9.17, 15) is 19.6 Å². The van der Waals surface area contributed by atoms with Crippen molar-refractivity contribution in [2.45, 2.75) is 11.3 Å². The Labute approximate surface area is 229 Å². The zero-order valence-electron chi connectivity index (χ0n) is 21.1. The van der Waals surface area contributed by atoms with E-state index in [0.29, 0.717) is 5.56 Å². The molecule has 4 aromatic rings. The largest absolute Gasteiger partial charge is 0.274 e. The van der Waals surface area contributed by atoms with E-state index in [2.05, 4.69) is 21.6 Å². The van der Waals surface area contributed by atoms with Crippen molar-refractivity contribution < 1.29 is 14.4 Å². The molecule has 1 aromatic heterocycles. The van der Waals surface area contributed by atoms with Crippen LogP contribution in [0.15, 0.2) is 102 Å². The van der Waals surface area contributed by atoms with Crippen LogP contribution < -0.4 is 10.3 Å². The molecular weight excluding hydrogens is 502 g/mol. The smallest absolute Gasteiger partial charge is 0.272 e. The highest BCUT2D eigenvalue weighted by Crippen LogP contribution is 2.63. The van der Waals surface area contributed by atoms with Gasteiger partial charge in [-0.25, -0.2) is 10.3 Å². The van der Waals surface area contributed by atoms with Gasteiger partial charge < -0.3 is 0 Å². The van der Waals surface area contributed by atoms with Crippen LogP contribution in [-0.4, -0.2) is 28.9 Å². The number of para-hydroxylation sites is 1. The number of nitriles is 1. The second kappa shape index (κ2) is 8.82. The van der Waals surface area contributed by atoms with Gasteiger partial charge in [0.2, 0.25) is 11.8 Å². The Morgan fingerprint density at radius 3 is 2.27 bits per heavy atom. The van der Waals surface area contributed by atoms with Crippen molar-refractivity contribution in [2.75, 3.05) is 4.90 Å². The van der Waals surface area contributed by atoms with E-state index >= 15 is 0 Å². The molecule has 0 saturated carbocycles. The Morgan fingerprint density at radius 1 is 0.925 bits per heavy atom. The van der Waals surface area contributed by atoms with Crippen LogP contribution in [0.5, 0.6) is 0 Å². The lowest BCUT2D eigenvalue weighted by atomic mass is 9.47. The van der Waals surface area contributed by atoms with E-state index in [1.807, 2.05) is 48.5 Å². The summed E-state index contributed by atoms with van der Waals surface area (Å²) < 4.78 is 0. The van der Waals surface area contributed by atoms with Crippen LogP contribution in [0.25, 0.3) is 0 Å². The molecule has 2 heterocycles. The van der Waals surface area contributed by atoms with Crippen LogP contribution in [0.4, 0.5) is 5.69 Å². The summed E-state index contributed by atoms with van der Waals surface area (Å²) in [7, 11) is 0. The predicted molar refractivity (Wildman–Crippen MR) is 146 cm³/mol. The van der Waals surface area contributed by atoms with E-state index < -0.39 is 29.1 Å². The number of nitrogens with zero attached hydrogens (tertiary/aromatic N) is 4. The van der Waals surface area contributed by atoms with Crippen LogP contribution in [0.3, 0.4) is 0 Å². The third-order valence-electron chi connectivity index (χ3n) is 8.31. The van der Waals surface area contributed by atoms with Gasteiger partial charge in [-0.1, -0.05) is 60.7 Å². The topological polar surface area (TPSA) is 116 Å². The highest BCUT2D eigenvalue weighted by molar-refractivity contribution is 6.25. The average Bonchev–Trinajstić information content (AvgIpc) is 3.28. The number of anilines is 1. The second-order valence-corrected chi connectivity index (χ2v) is 10.1. The van der Waals surface area contributed by atoms with Crippen molar-refractivity contribution in [2.24, 2.45) is 16.9 Å². The molecule has 0 spiro atoms. The number of pyridine rings is 1. The number of carbonyl (C=O) groups excluding carboxylic acids is 3. The molecule has 0 unspecified atom stereocenters. The van der Waals surface area contributed by atoms with Gasteiger partial charge in [0.25, 0.3) is 5.91 Å². The van der Waals surface area contributed by atoms with Crippen LogP contribution in [0, 0.1) is 23.2 Å². The number of benzene rings is 3. The molecule has 2 atom stereocenters. The van der Waals surface area contributed by atoms with E-state index in [0.717, 1.165) is 22.3 Å². The van der Waals surface area contributed by atoms with Gasteiger partial charge in [0.1, 0.15) is 6.07 Å². The lowest BCUT2D eigenvalue weighted by Crippen LogP contribution is -2.54. The molecule has 8 nitrogen and oxygen atoms in total. The number of hydrogen-bond donors (Lipinski definition) is 1. The molecule has 1 saturated heterocycles. The molecule has 1 fully saturated rings. The standard InChI is InChI=1S/C32H21N5O3/c33-16-19-8-1-6-14-25(19)37-30(39)27-26-21-10-2-4-12-23(21)32(28(27)31(37)40,24-13-5-3-11-22(24)26)18-35-36-29(38)20-9-7-15-34-17-20/h1-15,17-18,26-28H,(H,36,38)/b35-18-/t26?,27-,28-,32?/m1/s1. The van der Waals surface area contributed by atoms with Crippen molar-refractivity contribution in [3.63, 3.8) is 0 Å². The molecule has 4 aliphatic rings. The molecule has 8 heteroatoms. The third-order valence-corrected chi connectivity index (χ3v) is 8.31. The molecular formula is C32H21N5O3. The minimum atomic E-state index is -1.13. The molecule has 3 aromatic carbocycles. The second-order valence-electron chi connectivity index (χ2n) is 10.1. The molecule has 40 heavy (non-hydrogen) atoms. The first-order valence-electron chi connectivity index (χ1n) is 12.9. The van der Waals surface area contributed by atoms with E-state index in [-0.39, 0.29) is 23.1 Å². The van der Waals surface area contributed by atoms with E-state index in [1.165, 1.54) is 11.1 Å². The summed E-state index contributed by atoms with van der Waals surface area (Å²) in [5.74, 6) is -3.04. The summed E-state index contributed by atoms with van der Waals surface area (Å²) in [6, 6.07) is 27.6. The summed E-state index contributed by atoms with van der Waals surface area (Å²) in [4.78, 5) is 46.6. The van der Waals surface area contributed by atoms with Crippen molar-refractivity contribution in [1.82, 2.24) is 10.4 Å². The first-order valence-corrected chi connectivity index (χ1v) is 12.9. The maximum Gasteiger partial charge on any atom is 0.272 e. The Kier molecular flexibility index (Phi) is 5.22. The molecule has 3 aliphatic carbocycles. The zero-order valence-corrected chi connectivity index (χ0v) is 21.1. The zero-order chi connectivity index (χ0) is 27.4. The molecule has 3 amide bonds. The van der Waals surface area contributed by atoms with Crippen LogP contribution in [-0.2, 0) is 15.0 Å². The fraction of sp³-hybridized carbons (Fsp3) is 0.125. The van der Waals surface area contributed by atoms with Crippen molar-refractivity contribution in [3.05, 3.63) is 131 Å². The van der Waals surface area contributed by atoms with Gasteiger partial charge in [0, 0.05) is 24.5 Å². The highest BCUT2D eigenvalue weighted by atomic mass is 16.2. The molecule has 2 bridgehead atoms. The number of imide groups is 1. The molecule has 1 aliphatic heterocycles. The predicted octanol–water partition coefficient (Wildman–Crippen LogP) is 3.92. The van der Waals surface area contributed by atoms with Gasteiger partial charge in [0.05, 0.1) is 34.1 Å². The Balaban J connectivity index is 1.43. The molecule has 0 radical (unpaired) electrons. The lowest BCUT2D eigenvalue weighted by Gasteiger charge is -2.52. The number of hydrogen-bond acceptors (Lipinski definition) is 6. The van der Waals surface area contributed by atoms with Gasteiger partial charge >= 0.3 is 0 Å². The number of nitrogens with one attached hydrogen (secondary N) is 1. The summed E-state index contributed by atoms with van der Waals surface area (Å²) in [6.45, 7) is 0. The number of aromatic nitrogens is 1. The Hall–Kier alpha value is -5.42. The number of rotatable bonds is 4. The number of carbonyl (C=O) groups is 3. The Morgan fingerprint density at radius 2 is 1.60 bits per heavy atom. The maximum atomic E-state index is 14.4. The van der Waals surface area contributed by atoms with E-state index in [1.54, 1.807) is 48.8 Å². The first kappa shape index (κ1) is 23.7. The number of hydrazone groups is 1. The summed E-state index contributed by atoms with van der Waals surface area (Å²) in [6.07, 6.45) is 4.63. The van der Waals surface area contributed by atoms with Gasteiger partial charge in [-0.2, -0.15) is 10.4 Å². The maximum absolute atomic E-state index is 14.4. The van der Waals surface area contributed by atoms with E-state index in [4.69, 9.17) is 0 Å². The van der Waals surface area contributed by atoms with Gasteiger partial charge in [-0.05, 0) is 46.5 Å². The van der Waals surface area contributed by atoms with Crippen LogP contribution in [0.1, 0.15) is 44.1 Å². The third kappa shape index (κ3) is 3.09. The summed E-state index contributed by atoms with van der Waals surface area (Å²) in [5.41, 5.74) is 5.97. The SMILES string of the molecule is N#Cc1ccccc1N1C(=O)[C@@H]2C3c4ccccc4C(/C=N\NC(=O)c4cccnc4)(c4ccccc43)[C@H]2C1=O. The first-order chi connectivity index (χ1) is 19.6. The van der Waals surface area contributed by atoms with Gasteiger partial charge in [-0.15, -0.1) is 0 Å². The molecule has 192 valence electrons. The summed E-state index contributed by atoms with van der Waals surface area (Å²) >= 11 is 0. The normalized spacial score (nSPS) is 23.9. The Bertz CT molecular complexity index is 1740. The fourth-order valence-corrected chi connectivity index (χ4v) is 6.80. The van der Waals surface area contributed by atoms with Gasteiger partial charge in [0.15, 0.2) is 0 Å². The molecule has 1 N–H and O–H groups in total. The lowest BCUT2D eigenvalue weighted by molar-refractivity contribution is -0.122. The van der Waals surface area contributed by atoms with Crippen LogP contribution in [0.2, 0.25) is 0 Å². The number of amides is 3. The quantitative estimate of drug-likeness (QED) is 0.247. The molecule has 8 rings (SSSR count). The minimum Gasteiger partial charge on any atom is -0.274 e. The van der Waals surface area contributed by atoms with Crippen molar-refractivity contribution in [1.29, 1.82) is 5.26 Å². The van der Waals surface area contributed by atoms with Crippen LogP contribution >= 0.6 is 0 Å². The fourth-order valence-electron chi connectivity index (χ4n) is 6.80. The van der Waals surface area contributed by atoms with Crippen molar-refractivity contribution >= 4 is 29.6 Å². The van der Waals surface area contributed by atoms with Crippen molar-refractivity contribution in [3.8, 4) is 6.07 Å². The van der Waals surface area contributed by atoms with Gasteiger partial charge in [-0.3, -0.25) is 19.4 Å². The average molecular weight is 524 g/mol.